The number of nitrogens with two attached hydrogens (primary N) is 1. The van der Waals surface area contributed by atoms with Gasteiger partial charge in [0.05, 0.1) is 6.04 Å². The Balaban J connectivity index is 2.06. The molecule has 0 aliphatic rings. The number of benzene rings is 1. The van der Waals surface area contributed by atoms with Crippen molar-refractivity contribution >= 4 is 11.8 Å². The molecule has 1 atom stereocenters. The summed E-state index contributed by atoms with van der Waals surface area (Å²) in [7, 11) is 0. The van der Waals surface area contributed by atoms with Crippen LogP contribution in [0.2, 0.25) is 0 Å². The van der Waals surface area contributed by atoms with Gasteiger partial charge in [-0.1, -0.05) is 24.3 Å². The van der Waals surface area contributed by atoms with Gasteiger partial charge < -0.3 is 0 Å². The van der Waals surface area contributed by atoms with E-state index in [9.17, 15) is 0 Å². The van der Waals surface area contributed by atoms with Gasteiger partial charge in [-0.05, 0) is 36.6 Å². The predicted molar refractivity (Wildman–Crippen MR) is 80.9 cm³/mol. The van der Waals surface area contributed by atoms with Crippen LogP contribution in [0.3, 0.4) is 0 Å². The summed E-state index contributed by atoms with van der Waals surface area (Å²) in [6.07, 6.45) is 3.72. The van der Waals surface area contributed by atoms with E-state index in [-0.39, 0.29) is 6.04 Å². The van der Waals surface area contributed by atoms with Crippen molar-refractivity contribution in [1.29, 1.82) is 0 Å². The van der Waals surface area contributed by atoms with E-state index in [1.807, 2.05) is 31.1 Å². The molecule has 0 saturated carbocycles. The Labute approximate surface area is 118 Å². The minimum atomic E-state index is 0.108. The summed E-state index contributed by atoms with van der Waals surface area (Å²) in [5.41, 5.74) is 6.45. The van der Waals surface area contributed by atoms with Crippen LogP contribution in [0.5, 0.6) is 0 Å². The van der Waals surface area contributed by atoms with E-state index in [0.29, 0.717) is 0 Å². The lowest BCUT2D eigenvalue weighted by atomic mass is 10.1. The fraction of sp³-hybridized carbons (Fsp3) is 0.267. The molecule has 3 N–H and O–H groups in total. The Bertz CT molecular complexity index is 542. The van der Waals surface area contributed by atoms with Gasteiger partial charge in [0.2, 0.25) is 0 Å². The maximum atomic E-state index is 5.67. The Morgan fingerprint density at radius 2 is 2.05 bits per heavy atom. The highest BCUT2D eigenvalue weighted by molar-refractivity contribution is 7.99. The standard InChI is InChI=1S/C15H19N3S/c1-11-7-13(9-17-8-11)14(18-16)10-19-15-6-4-3-5-12(15)2/h3-9,14,18H,10,16H2,1-2H3. The number of thioether (sulfide) groups is 1. The molecule has 3 nitrogen and oxygen atoms in total. The van der Waals surface area contributed by atoms with Crippen LogP contribution >= 0.6 is 11.8 Å². The second-order valence-corrected chi connectivity index (χ2v) is 5.65. The number of hydrogen-bond donors (Lipinski definition) is 2. The number of nitrogens with zero attached hydrogens (tertiary/aromatic N) is 1. The third kappa shape index (κ3) is 3.80. The number of aromatic nitrogens is 1. The smallest absolute Gasteiger partial charge is 0.0569 e. The molecule has 2 aromatic rings. The van der Waals surface area contributed by atoms with Gasteiger partial charge in [0, 0.05) is 23.0 Å². The van der Waals surface area contributed by atoms with Gasteiger partial charge >= 0.3 is 0 Å². The molecule has 1 heterocycles. The molecule has 2 rings (SSSR count). The van der Waals surface area contributed by atoms with Crippen LogP contribution < -0.4 is 11.3 Å². The Morgan fingerprint density at radius 3 is 2.74 bits per heavy atom. The van der Waals surface area contributed by atoms with Crippen molar-refractivity contribution in [3.05, 3.63) is 59.4 Å². The first-order chi connectivity index (χ1) is 9.20. The summed E-state index contributed by atoms with van der Waals surface area (Å²) in [5.74, 6) is 6.55. The van der Waals surface area contributed by atoms with Gasteiger partial charge in [0.25, 0.3) is 0 Å². The van der Waals surface area contributed by atoms with Crippen LogP contribution in [-0.4, -0.2) is 10.7 Å². The van der Waals surface area contributed by atoms with E-state index >= 15 is 0 Å². The molecule has 0 spiro atoms. The fourth-order valence-electron chi connectivity index (χ4n) is 1.90. The van der Waals surface area contributed by atoms with Gasteiger partial charge in [-0.15, -0.1) is 11.8 Å². The lowest BCUT2D eigenvalue weighted by molar-refractivity contribution is 0.608. The van der Waals surface area contributed by atoms with Crippen LogP contribution in [0.25, 0.3) is 0 Å². The van der Waals surface area contributed by atoms with Crippen LogP contribution in [0, 0.1) is 13.8 Å². The Kier molecular flexibility index (Phi) is 4.96. The normalized spacial score (nSPS) is 12.4. The minimum absolute atomic E-state index is 0.108. The molecule has 4 heteroatoms. The van der Waals surface area contributed by atoms with Crippen molar-refractivity contribution < 1.29 is 0 Å². The molecule has 1 aromatic heterocycles. The van der Waals surface area contributed by atoms with E-state index in [0.717, 1.165) is 16.9 Å². The molecule has 0 aliphatic carbocycles. The van der Waals surface area contributed by atoms with E-state index in [4.69, 9.17) is 5.84 Å². The zero-order chi connectivity index (χ0) is 13.7. The maximum absolute atomic E-state index is 5.67. The van der Waals surface area contributed by atoms with Crippen LogP contribution in [0.15, 0.2) is 47.6 Å². The third-order valence-electron chi connectivity index (χ3n) is 3.00. The first-order valence-electron chi connectivity index (χ1n) is 6.27. The van der Waals surface area contributed by atoms with Gasteiger partial charge in [0.15, 0.2) is 0 Å². The molecule has 0 bridgehead atoms. The molecule has 0 fully saturated rings. The number of hydrazine groups is 1. The molecule has 100 valence electrons. The number of aryl methyl sites for hydroxylation is 2. The van der Waals surface area contributed by atoms with Crippen LogP contribution in [0.1, 0.15) is 22.7 Å². The fourth-order valence-corrected chi connectivity index (χ4v) is 3.01. The van der Waals surface area contributed by atoms with Gasteiger partial charge in [-0.3, -0.25) is 16.3 Å². The summed E-state index contributed by atoms with van der Waals surface area (Å²) in [6, 6.07) is 10.6. The van der Waals surface area contributed by atoms with E-state index in [1.165, 1.54) is 10.5 Å². The first kappa shape index (κ1) is 14.1. The molecule has 0 amide bonds. The SMILES string of the molecule is Cc1cncc(C(CSc2ccccc2C)NN)c1. The molecule has 1 unspecified atom stereocenters. The van der Waals surface area contributed by atoms with E-state index in [1.54, 1.807) is 0 Å². The summed E-state index contributed by atoms with van der Waals surface area (Å²) in [6.45, 7) is 4.17. The summed E-state index contributed by atoms with van der Waals surface area (Å²) < 4.78 is 0. The molecule has 1 aromatic carbocycles. The monoisotopic (exact) mass is 273 g/mol. The number of pyridine rings is 1. The molecule has 0 radical (unpaired) electrons. The van der Waals surface area contributed by atoms with Gasteiger partial charge in [-0.25, -0.2) is 0 Å². The molecular weight excluding hydrogens is 254 g/mol. The second kappa shape index (κ2) is 6.70. The summed E-state index contributed by atoms with van der Waals surface area (Å²) >= 11 is 1.81. The highest BCUT2D eigenvalue weighted by atomic mass is 32.2. The minimum Gasteiger partial charge on any atom is -0.271 e. The Hall–Kier alpha value is -1.36. The largest absolute Gasteiger partial charge is 0.271 e. The van der Waals surface area contributed by atoms with E-state index < -0.39 is 0 Å². The topological polar surface area (TPSA) is 50.9 Å². The van der Waals surface area contributed by atoms with Crippen molar-refractivity contribution in [3.8, 4) is 0 Å². The van der Waals surface area contributed by atoms with Crippen molar-refractivity contribution in [1.82, 2.24) is 10.4 Å². The lowest BCUT2D eigenvalue weighted by Crippen LogP contribution is -2.29. The van der Waals surface area contributed by atoms with Crippen molar-refractivity contribution in [2.45, 2.75) is 24.8 Å². The number of hydrogen-bond acceptors (Lipinski definition) is 4. The van der Waals surface area contributed by atoms with E-state index in [2.05, 4.69) is 47.7 Å². The summed E-state index contributed by atoms with van der Waals surface area (Å²) in [5, 5.41) is 0. The highest BCUT2D eigenvalue weighted by Gasteiger charge is 2.11. The van der Waals surface area contributed by atoms with Crippen molar-refractivity contribution in [2.24, 2.45) is 5.84 Å². The average Bonchev–Trinajstić information content (AvgIpc) is 2.41. The first-order valence-corrected chi connectivity index (χ1v) is 7.25. The lowest BCUT2D eigenvalue weighted by Gasteiger charge is -2.16. The second-order valence-electron chi connectivity index (χ2n) is 4.59. The molecular formula is C15H19N3S. The van der Waals surface area contributed by atoms with Crippen molar-refractivity contribution in [2.75, 3.05) is 5.75 Å². The average molecular weight is 273 g/mol. The number of rotatable bonds is 5. The van der Waals surface area contributed by atoms with Gasteiger partial charge in [0.1, 0.15) is 0 Å². The maximum Gasteiger partial charge on any atom is 0.0569 e. The van der Waals surface area contributed by atoms with Crippen molar-refractivity contribution in [3.63, 3.8) is 0 Å². The third-order valence-corrected chi connectivity index (χ3v) is 4.27. The predicted octanol–water partition coefficient (Wildman–Crippen LogP) is 3.00. The zero-order valence-corrected chi connectivity index (χ0v) is 12.1. The number of nitrogens with one attached hydrogen (secondary N) is 1. The molecule has 0 saturated heterocycles. The molecule has 0 aliphatic heterocycles. The zero-order valence-electron chi connectivity index (χ0n) is 11.3. The quantitative estimate of drug-likeness (QED) is 0.499. The molecule has 19 heavy (non-hydrogen) atoms. The van der Waals surface area contributed by atoms with Gasteiger partial charge in [-0.2, -0.15) is 0 Å². The summed E-state index contributed by atoms with van der Waals surface area (Å²) in [4.78, 5) is 5.52. The Morgan fingerprint density at radius 1 is 1.26 bits per heavy atom. The van der Waals surface area contributed by atoms with Crippen LogP contribution in [-0.2, 0) is 0 Å². The van der Waals surface area contributed by atoms with Crippen LogP contribution in [0.4, 0.5) is 0 Å². The highest BCUT2D eigenvalue weighted by Crippen LogP contribution is 2.26.